The summed E-state index contributed by atoms with van der Waals surface area (Å²) in [5, 5.41) is 0. The number of unbranched alkanes of at least 4 members (excludes halogenated alkanes) is 3. The molecule has 0 radical (unpaired) electrons. The largest absolute Gasteiger partial charge is 0.503 e. The lowest BCUT2D eigenvalue weighted by Gasteiger charge is -2.39. The Morgan fingerprint density at radius 1 is 0.680 bits per heavy atom. The van der Waals surface area contributed by atoms with E-state index in [0.717, 1.165) is 6.42 Å². The first-order valence-electron chi connectivity index (χ1n) is 10.7. The standard InChI is InChI=1S/C21H46O3Si/c1-9-12-15-18(4)21(19(5)16-13-10-2)24-25(22-7,23-8)20(6)17-14-11-3/h18-21H,9-17H2,1-8H3. The van der Waals surface area contributed by atoms with E-state index in [9.17, 15) is 0 Å². The molecule has 0 saturated carbocycles. The topological polar surface area (TPSA) is 27.7 Å². The van der Waals surface area contributed by atoms with Crippen LogP contribution in [0, 0.1) is 11.8 Å². The van der Waals surface area contributed by atoms with Crippen LogP contribution in [0.15, 0.2) is 0 Å². The zero-order valence-corrected chi connectivity index (χ0v) is 19.4. The van der Waals surface area contributed by atoms with Gasteiger partial charge in [0.15, 0.2) is 0 Å². The lowest BCUT2D eigenvalue weighted by atomic mass is 9.87. The molecule has 25 heavy (non-hydrogen) atoms. The van der Waals surface area contributed by atoms with E-state index in [1.165, 1.54) is 51.4 Å². The highest BCUT2D eigenvalue weighted by molar-refractivity contribution is 6.62. The van der Waals surface area contributed by atoms with Crippen LogP contribution in [0.5, 0.6) is 0 Å². The zero-order valence-electron chi connectivity index (χ0n) is 18.4. The molecule has 152 valence electrons. The van der Waals surface area contributed by atoms with Crippen molar-refractivity contribution in [3.8, 4) is 0 Å². The number of hydrogen-bond acceptors (Lipinski definition) is 3. The highest BCUT2D eigenvalue weighted by Gasteiger charge is 2.48. The minimum Gasteiger partial charge on any atom is -0.377 e. The summed E-state index contributed by atoms with van der Waals surface area (Å²) in [6.07, 6.45) is 11.2. The van der Waals surface area contributed by atoms with Gasteiger partial charge in [0.25, 0.3) is 0 Å². The molecule has 3 atom stereocenters. The Morgan fingerprint density at radius 2 is 1.08 bits per heavy atom. The van der Waals surface area contributed by atoms with Crippen LogP contribution in [0.4, 0.5) is 0 Å². The van der Waals surface area contributed by atoms with Gasteiger partial charge in [0.1, 0.15) is 0 Å². The molecule has 4 heteroatoms. The highest BCUT2D eigenvalue weighted by Crippen LogP contribution is 2.35. The molecule has 0 aromatic carbocycles. The summed E-state index contributed by atoms with van der Waals surface area (Å²) in [4.78, 5) is 0. The van der Waals surface area contributed by atoms with E-state index in [0.29, 0.717) is 17.4 Å². The molecule has 0 aromatic rings. The van der Waals surface area contributed by atoms with E-state index >= 15 is 0 Å². The third kappa shape index (κ3) is 8.55. The smallest absolute Gasteiger partial charge is 0.377 e. The Hall–Kier alpha value is 0.0969. The summed E-state index contributed by atoms with van der Waals surface area (Å²) >= 11 is 0. The van der Waals surface area contributed by atoms with E-state index in [4.69, 9.17) is 13.3 Å². The molecule has 0 N–H and O–H groups in total. The van der Waals surface area contributed by atoms with Crippen LogP contribution in [-0.4, -0.2) is 29.1 Å². The highest BCUT2D eigenvalue weighted by atomic mass is 28.4. The van der Waals surface area contributed by atoms with E-state index in [-0.39, 0.29) is 6.10 Å². The molecule has 0 aliphatic rings. The van der Waals surface area contributed by atoms with Crippen molar-refractivity contribution in [1.29, 1.82) is 0 Å². The van der Waals surface area contributed by atoms with Gasteiger partial charge in [0.2, 0.25) is 0 Å². The molecule has 0 amide bonds. The second kappa shape index (κ2) is 14.2. The van der Waals surface area contributed by atoms with Crippen LogP contribution in [0.1, 0.15) is 99.3 Å². The summed E-state index contributed by atoms with van der Waals surface area (Å²) in [5.41, 5.74) is 0.349. The van der Waals surface area contributed by atoms with Crippen molar-refractivity contribution in [1.82, 2.24) is 0 Å². The summed E-state index contributed by atoms with van der Waals surface area (Å²) in [6.45, 7) is 13.7. The van der Waals surface area contributed by atoms with E-state index in [1.807, 2.05) is 0 Å². The minimum absolute atomic E-state index is 0.230. The van der Waals surface area contributed by atoms with E-state index in [2.05, 4.69) is 41.5 Å². The lowest BCUT2D eigenvalue weighted by molar-refractivity contribution is -0.00765. The maximum Gasteiger partial charge on any atom is 0.503 e. The number of rotatable bonds is 16. The second-order valence-corrected chi connectivity index (χ2v) is 11.1. The third-order valence-corrected chi connectivity index (χ3v) is 8.85. The molecular weight excluding hydrogens is 328 g/mol. The summed E-state index contributed by atoms with van der Waals surface area (Å²) in [5.74, 6) is 1.09. The molecule has 0 heterocycles. The van der Waals surface area contributed by atoms with Gasteiger partial charge >= 0.3 is 8.80 Å². The van der Waals surface area contributed by atoms with Crippen molar-refractivity contribution in [3.63, 3.8) is 0 Å². The lowest BCUT2D eigenvalue weighted by Crippen LogP contribution is -2.52. The predicted molar refractivity (Wildman–Crippen MR) is 111 cm³/mol. The average molecular weight is 375 g/mol. The molecule has 0 saturated heterocycles. The molecule has 0 bridgehead atoms. The monoisotopic (exact) mass is 374 g/mol. The van der Waals surface area contributed by atoms with Gasteiger partial charge in [-0.25, -0.2) is 0 Å². The first kappa shape index (κ1) is 25.1. The van der Waals surface area contributed by atoms with Crippen molar-refractivity contribution in [3.05, 3.63) is 0 Å². The summed E-state index contributed by atoms with van der Waals surface area (Å²) < 4.78 is 18.8. The fourth-order valence-corrected chi connectivity index (χ4v) is 6.55. The van der Waals surface area contributed by atoms with Crippen LogP contribution in [0.2, 0.25) is 5.54 Å². The van der Waals surface area contributed by atoms with Crippen LogP contribution in [0.3, 0.4) is 0 Å². The van der Waals surface area contributed by atoms with Crippen molar-refractivity contribution < 1.29 is 13.3 Å². The van der Waals surface area contributed by atoms with Crippen LogP contribution < -0.4 is 0 Å². The second-order valence-electron chi connectivity index (χ2n) is 7.88. The van der Waals surface area contributed by atoms with Gasteiger partial charge in [-0.2, -0.15) is 0 Å². The first-order chi connectivity index (χ1) is 11.9. The minimum atomic E-state index is -2.65. The Labute approximate surface area is 159 Å². The predicted octanol–water partition coefficient (Wildman–Crippen LogP) is 6.84. The van der Waals surface area contributed by atoms with Gasteiger partial charge in [-0.15, -0.1) is 0 Å². The van der Waals surface area contributed by atoms with Gasteiger partial charge in [-0.1, -0.05) is 80.1 Å². The molecular formula is C21H46O3Si. The summed E-state index contributed by atoms with van der Waals surface area (Å²) in [6, 6.07) is 0. The van der Waals surface area contributed by atoms with Gasteiger partial charge in [0.05, 0.1) is 6.10 Å². The van der Waals surface area contributed by atoms with Crippen LogP contribution >= 0.6 is 0 Å². The fraction of sp³-hybridized carbons (Fsp3) is 1.00. The van der Waals surface area contributed by atoms with Crippen molar-refractivity contribution >= 4 is 8.80 Å². The molecule has 3 unspecified atom stereocenters. The maximum atomic E-state index is 6.81. The Bertz CT molecular complexity index is 294. The van der Waals surface area contributed by atoms with Gasteiger partial charge in [0, 0.05) is 19.8 Å². The van der Waals surface area contributed by atoms with Gasteiger partial charge in [-0.05, 0) is 31.1 Å². The maximum absolute atomic E-state index is 6.81. The molecule has 0 aliphatic heterocycles. The third-order valence-electron chi connectivity index (χ3n) is 5.61. The van der Waals surface area contributed by atoms with E-state index in [1.54, 1.807) is 14.2 Å². The SMILES string of the molecule is CCCCC(C)C(O[Si](OC)(OC)C(C)CCCC)C(C)CCCC. The van der Waals surface area contributed by atoms with Crippen molar-refractivity contribution in [2.45, 2.75) is 111 Å². The zero-order chi connectivity index (χ0) is 19.3. The van der Waals surface area contributed by atoms with Crippen LogP contribution in [-0.2, 0) is 13.3 Å². The normalized spacial score (nSPS) is 17.3. The molecule has 0 fully saturated rings. The van der Waals surface area contributed by atoms with Crippen molar-refractivity contribution in [2.24, 2.45) is 11.8 Å². The Kier molecular flexibility index (Phi) is 14.2. The van der Waals surface area contributed by atoms with E-state index < -0.39 is 8.80 Å². The quantitative estimate of drug-likeness (QED) is 0.277. The van der Waals surface area contributed by atoms with Crippen LogP contribution in [0.25, 0.3) is 0 Å². The first-order valence-corrected chi connectivity index (χ1v) is 12.5. The average Bonchev–Trinajstić information content (AvgIpc) is 2.63. The Morgan fingerprint density at radius 3 is 1.44 bits per heavy atom. The molecule has 0 spiro atoms. The van der Waals surface area contributed by atoms with Gasteiger partial charge in [-0.3, -0.25) is 0 Å². The van der Waals surface area contributed by atoms with Gasteiger partial charge < -0.3 is 13.3 Å². The molecule has 3 nitrogen and oxygen atoms in total. The van der Waals surface area contributed by atoms with Crippen molar-refractivity contribution in [2.75, 3.05) is 14.2 Å². The number of hydrogen-bond donors (Lipinski definition) is 0. The fourth-order valence-electron chi connectivity index (χ4n) is 3.75. The molecule has 0 aliphatic carbocycles. The molecule has 0 rings (SSSR count). The Balaban J connectivity index is 5.28. The molecule has 0 aromatic heterocycles. The summed E-state index contributed by atoms with van der Waals surface area (Å²) in [7, 11) is 0.910.